The second kappa shape index (κ2) is 8.82. The van der Waals surface area contributed by atoms with Gasteiger partial charge in [-0.15, -0.1) is 0 Å². The normalized spacial score (nSPS) is 11.5. The van der Waals surface area contributed by atoms with E-state index in [1.807, 2.05) is 36.4 Å². The number of para-hydroxylation sites is 2. The molecule has 0 fully saturated rings. The van der Waals surface area contributed by atoms with E-state index >= 15 is 0 Å². The number of aromatic nitrogens is 2. The molecule has 3 aromatic carbocycles. The molecule has 0 unspecified atom stereocenters. The topological polar surface area (TPSA) is 61.7 Å². The predicted octanol–water partition coefficient (Wildman–Crippen LogP) is 6.87. The molecule has 1 aromatic heterocycles. The number of H-pyrrole nitrogens is 1. The fourth-order valence-corrected chi connectivity index (χ4v) is 4.37. The largest absolute Gasteiger partial charge is 0.487 e. The standard InChI is InChI=1S/C23H14Br2FN3O/c24-17-10-15(9-16(12-27)23-28-20-7-3-4-8-21(20)29-23)22(18(25)11-17)30-13-14-5-1-2-6-19(14)26/h1-11H,13H2,(H,28,29)/b16-9+. The third kappa shape index (κ3) is 4.30. The van der Waals surface area contributed by atoms with Crippen LogP contribution in [0.4, 0.5) is 4.39 Å². The molecule has 148 valence electrons. The Morgan fingerprint density at radius 2 is 1.90 bits per heavy atom. The van der Waals surface area contributed by atoms with Crippen LogP contribution in [0.25, 0.3) is 22.7 Å². The van der Waals surface area contributed by atoms with Crippen LogP contribution in [0, 0.1) is 17.1 Å². The van der Waals surface area contributed by atoms with Crippen LogP contribution in [0.1, 0.15) is 17.0 Å². The van der Waals surface area contributed by atoms with E-state index in [1.54, 1.807) is 24.3 Å². The number of nitrogens with zero attached hydrogens (tertiary/aromatic N) is 2. The Kier molecular flexibility index (Phi) is 5.98. The summed E-state index contributed by atoms with van der Waals surface area (Å²) in [7, 11) is 0. The zero-order valence-corrected chi connectivity index (χ0v) is 18.7. The monoisotopic (exact) mass is 525 g/mol. The molecule has 1 N–H and O–H groups in total. The van der Waals surface area contributed by atoms with Crippen LogP contribution in [0.2, 0.25) is 0 Å². The minimum absolute atomic E-state index is 0.0558. The number of imidazole rings is 1. The molecule has 7 heteroatoms. The molecule has 30 heavy (non-hydrogen) atoms. The van der Waals surface area contributed by atoms with Gasteiger partial charge in [0.2, 0.25) is 0 Å². The van der Waals surface area contributed by atoms with E-state index in [2.05, 4.69) is 47.9 Å². The number of allylic oxidation sites excluding steroid dienone is 1. The number of halogens is 3. The molecule has 4 nitrogen and oxygen atoms in total. The van der Waals surface area contributed by atoms with Crippen molar-refractivity contribution in [2.75, 3.05) is 0 Å². The van der Waals surface area contributed by atoms with Gasteiger partial charge in [0.25, 0.3) is 0 Å². The van der Waals surface area contributed by atoms with Crippen molar-refractivity contribution in [3.8, 4) is 11.8 Å². The Morgan fingerprint density at radius 1 is 1.13 bits per heavy atom. The first-order valence-electron chi connectivity index (χ1n) is 8.97. The van der Waals surface area contributed by atoms with Crippen LogP contribution in [0.3, 0.4) is 0 Å². The Balaban J connectivity index is 1.73. The van der Waals surface area contributed by atoms with Gasteiger partial charge in [-0.1, -0.05) is 46.3 Å². The summed E-state index contributed by atoms with van der Waals surface area (Å²) >= 11 is 6.97. The molecule has 0 bridgehead atoms. The third-order valence-corrected chi connectivity index (χ3v) is 5.48. The van der Waals surface area contributed by atoms with Crippen molar-refractivity contribution >= 4 is 54.5 Å². The third-order valence-electron chi connectivity index (χ3n) is 4.43. The first-order valence-corrected chi connectivity index (χ1v) is 10.6. The van der Waals surface area contributed by atoms with E-state index in [4.69, 9.17) is 4.74 Å². The van der Waals surface area contributed by atoms with Crippen molar-refractivity contribution in [3.05, 3.63) is 92.4 Å². The molecule has 0 spiro atoms. The van der Waals surface area contributed by atoms with Gasteiger partial charge in [-0.2, -0.15) is 5.26 Å². The molecule has 0 atom stereocenters. The average Bonchev–Trinajstić information content (AvgIpc) is 3.16. The molecular formula is C23H14Br2FN3O. The van der Waals surface area contributed by atoms with Crippen LogP contribution in [0.15, 0.2) is 69.6 Å². The van der Waals surface area contributed by atoms with Gasteiger partial charge in [-0.25, -0.2) is 9.37 Å². The highest BCUT2D eigenvalue weighted by atomic mass is 79.9. The quantitative estimate of drug-likeness (QED) is 0.288. The Morgan fingerprint density at radius 3 is 2.67 bits per heavy atom. The van der Waals surface area contributed by atoms with E-state index in [0.717, 1.165) is 15.5 Å². The summed E-state index contributed by atoms with van der Waals surface area (Å²) in [5.74, 6) is 0.642. The number of nitriles is 1. The molecule has 0 aliphatic carbocycles. The zero-order chi connectivity index (χ0) is 21.1. The second-order valence-corrected chi connectivity index (χ2v) is 8.23. The Labute approximate surface area is 189 Å². The first kappa shape index (κ1) is 20.3. The van der Waals surface area contributed by atoms with Gasteiger partial charge >= 0.3 is 0 Å². The summed E-state index contributed by atoms with van der Waals surface area (Å²) in [6, 6.07) is 19.9. The van der Waals surface area contributed by atoms with Crippen LogP contribution >= 0.6 is 31.9 Å². The van der Waals surface area contributed by atoms with Crippen molar-refractivity contribution in [2.45, 2.75) is 6.61 Å². The molecule has 4 aromatic rings. The smallest absolute Gasteiger partial charge is 0.149 e. The lowest BCUT2D eigenvalue weighted by atomic mass is 10.1. The molecule has 1 heterocycles. The van der Waals surface area contributed by atoms with Crippen molar-refractivity contribution in [1.29, 1.82) is 5.26 Å². The highest BCUT2D eigenvalue weighted by Crippen LogP contribution is 2.36. The van der Waals surface area contributed by atoms with Crippen LogP contribution in [-0.4, -0.2) is 9.97 Å². The lowest BCUT2D eigenvalue weighted by Gasteiger charge is -2.13. The summed E-state index contributed by atoms with van der Waals surface area (Å²) < 4.78 is 21.4. The van der Waals surface area contributed by atoms with Crippen molar-refractivity contribution in [2.24, 2.45) is 0 Å². The van der Waals surface area contributed by atoms with Crippen LogP contribution < -0.4 is 4.74 Å². The number of hydrogen-bond acceptors (Lipinski definition) is 3. The van der Waals surface area contributed by atoms with Gasteiger partial charge in [-0.05, 0) is 52.3 Å². The molecule has 0 aliphatic rings. The second-order valence-electron chi connectivity index (χ2n) is 6.46. The van der Waals surface area contributed by atoms with Gasteiger partial charge in [0.15, 0.2) is 0 Å². The molecule has 0 saturated carbocycles. The summed E-state index contributed by atoms with van der Waals surface area (Å²) in [5, 5.41) is 9.75. The van der Waals surface area contributed by atoms with Gasteiger partial charge < -0.3 is 9.72 Å². The molecule has 0 saturated heterocycles. The van der Waals surface area contributed by atoms with E-state index in [9.17, 15) is 9.65 Å². The lowest BCUT2D eigenvalue weighted by Crippen LogP contribution is -2.00. The number of benzene rings is 3. The summed E-state index contributed by atoms with van der Waals surface area (Å²) in [4.78, 5) is 7.66. The maximum atomic E-state index is 14.0. The number of aromatic amines is 1. The van der Waals surface area contributed by atoms with Crippen molar-refractivity contribution in [3.63, 3.8) is 0 Å². The molecule has 0 radical (unpaired) electrons. The van der Waals surface area contributed by atoms with Crippen molar-refractivity contribution < 1.29 is 9.13 Å². The maximum absolute atomic E-state index is 14.0. The molecular weight excluding hydrogens is 513 g/mol. The average molecular weight is 527 g/mol. The van der Waals surface area contributed by atoms with Gasteiger partial charge in [0, 0.05) is 15.6 Å². The van der Waals surface area contributed by atoms with Gasteiger partial charge in [-0.3, -0.25) is 0 Å². The van der Waals surface area contributed by atoms with Gasteiger partial charge in [0.1, 0.15) is 30.1 Å². The van der Waals surface area contributed by atoms with E-state index in [1.165, 1.54) is 6.07 Å². The SMILES string of the molecule is N#C/C(=C\c1cc(Br)cc(Br)c1OCc1ccccc1F)c1nc2ccccc2[nH]1. The van der Waals surface area contributed by atoms with E-state index < -0.39 is 0 Å². The number of ether oxygens (including phenoxy) is 1. The Hall–Kier alpha value is -2.95. The van der Waals surface area contributed by atoms with Crippen LogP contribution in [-0.2, 0) is 6.61 Å². The number of nitrogens with one attached hydrogen (secondary N) is 1. The molecule has 0 aliphatic heterocycles. The van der Waals surface area contributed by atoms with Gasteiger partial charge in [0.05, 0.1) is 21.1 Å². The Bertz CT molecular complexity index is 1270. The van der Waals surface area contributed by atoms with E-state index in [-0.39, 0.29) is 12.4 Å². The number of hydrogen-bond donors (Lipinski definition) is 1. The fourth-order valence-electron chi connectivity index (χ4n) is 2.99. The highest BCUT2D eigenvalue weighted by Gasteiger charge is 2.14. The predicted molar refractivity (Wildman–Crippen MR) is 122 cm³/mol. The van der Waals surface area contributed by atoms with Crippen molar-refractivity contribution in [1.82, 2.24) is 9.97 Å². The summed E-state index contributed by atoms with van der Waals surface area (Å²) in [6.45, 7) is 0.0558. The zero-order valence-electron chi connectivity index (χ0n) is 15.5. The number of fused-ring (bicyclic) bond motifs is 1. The highest BCUT2D eigenvalue weighted by molar-refractivity contribution is 9.11. The minimum atomic E-state index is -0.331. The lowest BCUT2D eigenvalue weighted by molar-refractivity contribution is 0.297. The molecule has 0 amide bonds. The summed E-state index contributed by atoms with van der Waals surface area (Å²) in [5.41, 5.74) is 3.08. The minimum Gasteiger partial charge on any atom is -0.487 e. The van der Waals surface area contributed by atoms with Crippen LogP contribution in [0.5, 0.6) is 5.75 Å². The summed E-state index contributed by atoms with van der Waals surface area (Å²) in [6.07, 6.45) is 1.70. The number of rotatable bonds is 5. The first-order chi connectivity index (χ1) is 14.5. The maximum Gasteiger partial charge on any atom is 0.149 e. The van der Waals surface area contributed by atoms with E-state index in [0.29, 0.717) is 32.7 Å². The fraction of sp³-hybridized carbons (Fsp3) is 0.0435. The molecule has 4 rings (SSSR count).